The Kier molecular flexibility index (Phi) is 3.39. The lowest BCUT2D eigenvalue weighted by molar-refractivity contribution is 0.368. The third kappa shape index (κ3) is 2.19. The maximum absolute atomic E-state index is 5.23. The van der Waals surface area contributed by atoms with Gasteiger partial charge in [-0.15, -0.1) is 0 Å². The van der Waals surface area contributed by atoms with Crippen LogP contribution in [0.15, 0.2) is 10.7 Å². The van der Waals surface area contributed by atoms with Gasteiger partial charge in [0.05, 0.1) is 17.8 Å². The molecule has 0 bridgehead atoms. The molecule has 2 aliphatic rings. The fraction of sp³-hybridized carbons (Fsp3) is 0.667. The van der Waals surface area contributed by atoms with Crippen LogP contribution >= 0.6 is 15.9 Å². The van der Waals surface area contributed by atoms with Crippen LogP contribution in [-0.4, -0.2) is 42.8 Å². The zero-order chi connectivity index (χ0) is 12.5. The number of aromatic nitrogens is 2. The van der Waals surface area contributed by atoms with Gasteiger partial charge in [0.25, 0.3) is 0 Å². The number of ether oxygens (including phenoxy) is 1. The number of hydrogen-bond donors (Lipinski definition) is 1. The molecule has 1 aromatic heterocycles. The van der Waals surface area contributed by atoms with Crippen molar-refractivity contribution in [1.29, 1.82) is 0 Å². The summed E-state index contributed by atoms with van der Waals surface area (Å²) in [5.41, 5.74) is 0. The Morgan fingerprint density at radius 2 is 2.39 bits per heavy atom. The number of halogens is 1. The molecule has 2 saturated heterocycles. The van der Waals surface area contributed by atoms with Gasteiger partial charge in [-0.1, -0.05) is 0 Å². The van der Waals surface area contributed by atoms with Gasteiger partial charge in [0.2, 0.25) is 11.8 Å². The van der Waals surface area contributed by atoms with E-state index in [0.717, 1.165) is 36.0 Å². The molecular formula is C12H17BrN4O. The second kappa shape index (κ2) is 5.01. The smallest absolute Gasteiger partial charge is 0.232 e. The van der Waals surface area contributed by atoms with E-state index in [0.29, 0.717) is 11.9 Å². The van der Waals surface area contributed by atoms with E-state index in [-0.39, 0.29) is 0 Å². The Morgan fingerprint density at radius 1 is 1.50 bits per heavy atom. The van der Waals surface area contributed by atoms with Crippen LogP contribution in [0.3, 0.4) is 0 Å². The first-order chi connectivity index (χ1) is 8.78. The van der Waals surface area contributed by atoms with Gasteiger partial charge >= 0.3 is 0 Å². The maximum Gasteiger partial charge on any atom is 0.232 e. The highest BCUT2D eigenvalue weighted by Gasteiger charge is 2.33. The standard InChI is InChI=1S/C12H17BrN4O/c1-18-11-9(13)6-15-12(16-11)17-5-3-10-8(7-17)2-4-14-10/h6,8,10,14H,2-5,7H2,1H3. The van der Waals surface area contributed by atoms with Gasteiger partial charge in [-0.3, -0.25) is 0 Å². The van der Waals surface area contributed by atoms with Crippen molar-refractivity contribution < 1.29 is 4.74 Å². The number of nitrogens with zero attached hydrogens (tertiary/aromatic N) is 3. The van der Waals surface area contributed by atoms with Gasteiger partial charge in [0.1, 0.15) is 0 Å². The van der Waals surface area contributed by atoms with Gasteiger partial charge in [0.15, 0.2) is 0 Å². The van der Waals surface area contributed by atoms with Gasteiger partial charge in [-0.05, 0) is 41.2 Å². The summed E-state index contributed by atoms with van der Waals surface area (Å²) in [4.78, 5) is 11.1. The molecule has 0 saturated carbocycles. The number of hydrogen-bond acceptors (Lipinski definition) is 5. The quantitative estimate of drug-likeness (QED) is 0.895. The number of nitrogens with one attached hydrogen (secondary N) is 1. The summed E-state index contributed by atoms with van der Waals surface area (Å²) in [6.07, 6.45) is 4.20. The lowest BCUT2D eigenvalue weighted by Crippen LogP contribution is -2.45. The van der Waals surface area contributed by atoms with E-state index >= 15 is 0 Å². The lowest BCUT2D eigenvalue weighted by atomic mass is 9.94. The molecule has 2 atom stereocenters. The van der Waals surface area contributed by atoms with Gasteiger partial charge < -0.3 is 15.0 Å². The Morgan fingerprint density at radius 3 is 3.22 bits per heavy atom. The summed E-state index contributed by atoms with van der Waals surface area (Å²) in [6.45, 7) is 3.20. The van der Waals surface area contributed by atoms with Crippen LogP contribution < -0.4 is 15.0 Å². The van der Waals surface area contributed by atoms with E-state index in [2.05, 4.69) is 36.1 Å². The molecule has 98 valence electrons. The average Bonchev–Trinajstić information content (AvgIpc) is 2.86. The monoisotopic (exact) mass is 312 g/mol. The highest BCUT2D eigenvalue weighted by atomic mass is 79.9. The molecule has 6 heteroatoms. The van der Waals surface area contributed by atoms with E-state index in [1.807, 2.05) is 0 Å². The van der Waals surface area contributed by atoms with E-state index in [9.17, 15) is 0 Å². The van der Waals surface area contributed by atoms with Crippen molar-refractivity contribution >= 4 is 21.9 Å². The molecule has 5 nitrogen and oxygen atoms in total. The van der Waals surface area contributed by atoms with Crippen molar-refractivity contribution in [3.63, 3.8) is 0 Å². The maximum atomic E-state index is 5.23. The summed E-state index contributed by atoms with van der Waals surface area (Å²) in [5.74, 6) is 2.11. The predicted octanol–water partition coefficient (Wildman–Crippen LogP) is 1.44. The number of rotatable bonds is 2. The second-order valence-corrected chi connectivity index (χ2v) is 5.73. The molecule has 2 unspecified atom stereocenters. The van der Waals surface area contributed by atoms with E-state index in [4.69, 9.17) is 4.74 Å². The zero-order valence-electron chi connectivity index (χ0n) is 10.4. The van der Waals surface area contributed by atoms with Crippen molar-refractivity contribution in [3.05, 3.63) is 10.7 Å². The van der Waals surface area contributed by atoms with Crippen LogP contribution in [0.1, 0.15) is 12.8 Å². The summed E-state index contributed by atoms with van der Waals surface area (Å²) in [7, 11) is 1.63. The number of methoxy groups -OCH3 is 1. The minimum Gasteiger partial charge on any atom is -0.480 e. The Labute approximate surface area is 115 Å². The fourth-order valence-corrected chi connectivity index (χ4v) is 3.22. The minimum absolute atomic E-state index is 0.603. The number of piperidine rings is 1. The van der Waals surface area contributed by atoms with Crippen LogP contribution in [0.5, 0.6) is 5.88 Å². The molecule has 0 radical (unpaired) electrons. The van der Waals surface area contributed by atoms with E-state index < -0.39 is 0 Å². The molecule has 1 N–H and O–H groups in total. The van der Waals surface area contributed by atoms with E-state index in [1.54, 1.807) is 13.3 Å². The summed E-state index contributed by atoms with van der Waals surface area (Å²) >= 11 is 3.38. The second-order valence-electron chi connectivity index (χ2n) is 4.87. The van der Waals surface area contributed by atoms with Gasteiger partial charge in [-0.2, -0.15) is 4.98 Å². The van der Waals surface area contributed by atoms with Crippen LogP contribution in [0.2, 0.25) is 0 Å². The van der Waals surface area contributed by atoms with Crippen molar-refractivity contribution in [2.75, 3.05) is 31.6 Å². The molecule has 2 fully saturated rings. The predicted molar refractivity (Wildman–Crippen MR) is 73.0 cm³/mol. The Balaban J connectivity index is 1.78. The molecule has 0 aliphatic carbocycles. The van der Waals surface area contributed by atoms with Crippen LogP contribution in [0.25, 0.3) is 0 Å². The molecule has 3 heterocycles. The van der Waals surface area contributed by atoms with Crippen LogP contribution in [0, 0.1) is 5.92 Å². The van der Waals surface area contributed by atoms with Crippen molar-refractivity contribution in [3.8, 4) is 5.88 Å². The molecule has 2 aliphatic heterocycles. The Bertz CT molecular complexity index is 442. The van der Waals surface area contributed by atoms with Crippen molar-refractivity contribution in [2.45, 2.75) is 18.9 Å². The van der Waals surface area contributed by atoms with Crippen LogP contribution in [-0.2, 0) is 0 Å². The van der Waals surface area contributed by atoms with Gasteiger partial charge in [-0.25, -0.2) is 4.98 Å². The van der Waals surface area contributed by atoms with Crippen molar-refractivity contribution in [1.82, 2.24) is 15.3 Å². The SMILES string of the molecule is COc1nc(N2CCC3NCCC3C2)ncc1Br. The lowest BCUT2D eigenvalue weighted by Gasteiger charge is -2.34. The molecule has 1 aromatic rings. The third-order valence-electron chi connectivity index (χ3n) is 3.83. The molecule has 3 rings (SSSR count). The molecule has 0 aromatic carbocycles. The molecular weight excluding hydrogens is 296 g/mol. The highest BCUT2D eigenvalue weighted by molar-refractivity contribution is 9.10. The number of fused-ring (bicyclic) bond motifs is 1. The van der Waals surface area contributed by atoms with Crippen LogP contribution in [0.4, 0.5) is 5.95 Å². The minimum atomic E-state index is 0.603. The molecule has 0 spiro atoms. The highest BCUT2D eigenvalue weighted by Crippen LogP contribution is 2.29. The first kappa shape index (κ1) is 12.2. The largest absolute Gasteiger partial charge is 0.480 e. The van der Waals surface area contributed by atoms with Crippen molar-refractivity contribution in [2.24, 2.45) is 5.92 Å². The Hall–Kier alpha value is -0.880. The first-order valence-corrected chi connectivity index (χ1v) is 7.12. The summed E-state index contributed by atoms with van der Waals surface area (Å²) in [6, 6.07) is 0.693. The average molecular weight is 313 g/mol. The topological polar surface area (TPSA) is 50.3 Å². The third-order valence-corrected chi connectivity index (χ3v) is 4.37. The molecule has 18 heavy (non-hydrogen) atoms. The number of anilines is 1. The fourth-order valence-electron chi connectivity index (χ4n) is 2.87. The van der Waals surface area contributed by atoms with E-state index in [1.165, 1.54) is 12.8 Å². The van der Waals surface area contributed by atoms with Gasteiger partial charge in [0, 0.05) is 19.1 Å². The molecule has 0 amide bonds. The normalized spacial score (nSPS) is 27.1. The first-order valence-electron chi connectivity index (χ1n) is 6.33. The summed E-state index contributed by atoms with van der Waals surface area (Å²) in [5, 5.41) is 3.56. The zero-order valence-corrected chi connectivity index (χ0v) is 12.0. The summed E-state index contributed by atoms with van der Waals surface area (Å²) < 4.78 is 6.02.